The molecule has 0 aromatic carbocycles. The van der Waals surface area contributed by atoms with Crippen molar-refractivity contribution in [3.8, 4) is 0 Å². The van der Waals surface area contributed by atoms with Crippen molar-refractivity contribution in [2.45, 2.75) is 142 Å². The summed E-state index contributed by atoms with van der Waals surface area (Å²) < 4.78 is 26.1. The van der Waals surface area contributed by atoms with E-state index in [-0.39, 0.29) is 19.4 Å². The van der Waals surface area contributed by atoms with E-state index in [0.717, 1.165) is 44.4 Å². The molecule has 0 rings (SSSR count). The maximum absolute atomic E-state index is 12.3. The summed E-state index contributed by atoms with van der Waals surface area (Å²) >= 11 is 0. The third kappa shape index (κ3) is 36.6. The van der Waals surface area contributed by atoms with Gasteiger partial charge in [-0.25, -0.2) is 4.57 Å². The van der Waals surface area contributed by atoms with Crippen LogP contribution >= 0.6 is 7.82 Å². The van der Waals surface area contributed by atoms with Crippen molar-refractivity contribution < 1.29 is 43.0 Å². The first-order chi connectivity index (χ1) is 23.5. The van der Waals surface area contributed by atoms with Crippen molar-refractivity contribution in [2.24, 2.45) is 5.92 Å². The van der Waals surface area contributed by atoms with E-state index < -0.39 is 38.6 Å². The first kappa shape index (κ1) is 46.5. The van der Waals surface area contributed by atoms with Crippen molar-refractivity contribution in [1.82, 2.24) is 0 Å². The highest BCUT2D eigenvalue weighted by Gasteiger charge is 2.22. The third-order valence-electron chi connectivity index (χ3n) is 7.26. The van der Waals surface area contributed by atoms with Crippen molar-refractivity contribution in [2.75, 3.05) is 13.2 Å². The Morgan fingerprint density at radius 3 is 1.94 bits per heavy atom. The molecule has 2 atom stereocenters. The Balaban J connectivity index is 4.20. The number of phosphoric acid groups is 1. The second-order valence-electron chi connectivity index (χ2n) is 12.5. The minimum absolute atomic E-state index is 0.116. The molecule has 0 aromatic rings. The van der Waals surface area contributed by atoms with Crippen LogP contribution in [0.3, 0.4) is 0 Å². The zero-order valence-corrected chi connectivity index (χ0v) is 31.2. The molecule has 0 heterocycles. The molecule has 0 aromatic heterocycles. The highest BCUT2D eigenvalue weighted by atomic mass is 31.2. The summed E-state index contributed by atoms with van der Waals surface area (Å²) in [7, 11) is -4.78. The molecule has 0 aliphatic carbocycles. The van der Waals surface area contributed by atoms with Gasteiger partial charge in [0.1, 0.15) is 6.61 Å². The predicted molar refractivity (Wildman–Crippen MR) is 199 cm³/mol. The van der Waals surface area contributed by atoms with E-state index in [2.05, 4.69) is 43.5 Å². The number of aliphatic hydroxyl groups is 1. The summed E-state index contributed by atoms with van der Waals surface area (Å²) in [6.45, 7) is 5.67. The summed E-state index contributed by atoms with van der Waals surface area (Å²) in [6, 6.07) is 0. The van der Waals surface area contributed by atoms with Gasteiger partial charge in [0, 0.05) is 12.8 Å². The standard InChI is InChI=1S/C39H65O9P/c1-4-5-6-7-19-24-29-36(40)30-25-20-15-10-8-9-11-16-21-26-31-38(41)46-33-37(34-47-49(43,44)45)48-39(42)32-27-22-17-13-12-14-18-23-28-35(2)3/h5-6,8-9,15-16,19-21,24-25,30,35-37,40H,4,7,10-14,17-18,22-23,26-29,31-34H2,1-3H3,(H2,43,44,45)/b6-5-,9-8-,20-15-,21-16-,24-19-,30-25+/t36?,37-/m1/s1. The molecule has 0 saturated heterocycles. The monoisotopic (exact) mass is 708 g/mol. The van der Waals surface area contributed by atoms with Crippen molar-refractivity contribution in [3.63, 3.8) is 0 Å². The number of carbonyl (C=O) groups is 2. The van der Waals surface area contributed by atoms with Crippen LogP contribution in [0.15, 0.2) is 72.9 Å². The van der Waals surface area contributed by atoms with Gasteiger partial charge in [-0.15, -0.1) is 0 Å². The second kappa shape index (κ2) is 32.6. The summed E-state index contributed by atoms with van der Waals surface area (Å²) in [4.78, 5) is 42.6. The zero-order chi connectivity index (χ0) is 36.4. The van der Waals surface area contributed by atoms with E-state index in [4.69, 9.17) is 19.3 Å². The Morgan fingerprint density at radius 1 is 0.694 bits per heavy atom. The first-order valence-electron chi connectivity index (χ1n) is 18.2. The summed E-state index contributed by atoms with van der Waals surface area (Å²) in [5.74, 6) is -0.265. The molecule has 0 fully saturated rings. The van der Waals surface area contributed by atoms with Crippen LogP contribution in [-0.2, 0) is 28.2 Å². The number of hydrogen-bond donors (Lipinski definition) is 3. The Bertz CT molecular complexity index is 1050. The zero-order valence-electron chi connectivity index (χ0n) is 30.3. The number of carbonyl (C=O) groups excluding carboxylic acids is 2. The van der Waals surface area contributed by atoms with Gasteiger partial charge < -0.3 is 24.4 Å². The highest BCUT2D eigenvalue weighted by molar-refractivity contribution is 7.46. The normalized spacial score (nSPS) is 14.1. The Hall–Kier alpha value is -2.55. The minimum Gasteiger partial charge on any atom is -0.462 e. The van der Waals surface area contributed by atoms with Crippen LogP contribution < -0.4 is 0 Å². The number of aliphatic hydroxyl groups excluding tert-OH is 1. The van der Waals surface area contributed by atoms with Gasteiger partial charge in [0.2, 0.25) is 0 Å². The molecular weight excluding hydrogens is 643 g/mol. The number of rotatable bonds is 31. The molecule has 49 heavy (non-hydrogen) atoms. The van der Waals surface area contributed by atoms with Crippen molar-refractivity contribution in [3.05, 3.63) is 72.9 Å². The van der Waals surface area contributed by atoms with E-state index in [1.807, 2.05) is 48.6 Å². The van der Waals surface area contributed by atoms with Gasteiger partial charge in [0.05, 0.1) is 12.7 Å². The molecule has 0 saturated carbocycles. The number of unbranched alkanes of at least 4 members (excludes halogenated alkanes) is 7. The van der Waals surface area contributed by atoms with E-state index in [1.165, 1.54) is 32.1 Å². The SMILES string of the molecule is CC/C=C\C/C=C\CC(O)/C=C/C=C\C/C=C\C/C=C\CCC(=O)OC[C@H](COP(=O)(O)O)OC(=O)CCCCCCCCCCC(C)C. The molecule has 0 amide bonds. The molecule has 0 spiro atoms. The average Bonchev–Trinajstić information content (AvgIpc) is 3.04. The van der Waals surface area contributed by atoms with Crippen LogP contribution in [-0.4, -0.2) is 52.3 Å². The van der Waals surface area contributed by atoms with Crippen molar-refractivity contribution in [1.29, 1.82) is 0 Å². The lowest BCUT2D eigenvalue weighted by Gasteiger charge is -2.18. The van der Waals surface area contributed by atoms with Crippen LogP contribution in [0, 0.1) is 5.92 Å². The van der Waals surface area contributed by atoms with Crippen LogP contribution in [0.1, 0.15) is 130 Å². The molecule has 9 nitrogen and oxygen atoms in total. The Labute approximate surface area is 296 Å². The largest absolute Gasteiger partial charge is 0.469 e. The number of allylic oxidation sites excluding steroid dienone is 10. The fraction of sp³-hybridized carbons (Fsp3) is 0.641. The first-order valence-corrected chi connectivity index (χ1v) is 19.7. The maximum Gasteiger partial charge on any atom is 0.469 e. The van der Waals surface area contributed by atoms with E-state index in [0.29, 0.717) is 25.7 Å². The van der Waals surface area contributed by atoms with Gasteiger partial charge in [-0.1, -0.05) is 145 Å². The van der Waals surface area contributed by atoms with E-state index in [1.54, 1.807) is 6.08 Å². The molecule has 0 aliphatic heterocycles. The van der Waals surface area contributed by atoms with Crippen LogP contribution in [0.2, 0.25) is 0 Å². The van der Waals surface area contributed by atoms with Gasteiger partial charge in [-0.05, 0) is 50.9 Å². The van der Waals surface area contributed by atoms with Crippen LogP contribution in [0.4, 0.5) is 0 Å². The van der Waals surface area contributed by atoms with Gasteiger partial charge >= 0.3 is 19.8 Å². The lowest BCUT2D eigenvalue weighted by molar-refractivity contribution is -0.161. The van der Waals surface area contributed by atoms with Crippen LogP contribution in [0.25, 0.3) is 0 Å². The Kier molecular flexibility index (Phi) is 30.9. The number of hydrogen-bond acceptors (Lipinski definition) is 7. The van der Waals surface area contributed by atoms with Gasteiger partial charge in [-0.2, -0.15) is 0 Å². The van der Waals surface area contributed by atoms with E-state index in [9.17, 15) is 19.3 Å². The van der Waals surface area contributed by atoms with Gasteiger partial charge in [-0.3, -0.25) is 14.1 Å². The molecular formula is C39H65O9P. The number of phosphoric ester groups is 1. The highest BCUT2D eigenvalue weighted by Crippen LogP contribution is 2.35. The predicted octanol–water partition coefficient (Wildman–Crippen LogP) is 9.56. The second-order valence-corrected chi connectivity index (χ2v) is 13.7. The molecule has 10 heteroatoms. The quantitative estimate of drug-likeness (QED) is 0.0211. The third-order valence-corrected chi connectivity index (χ3v) is 7.75. The molecule has 0 aliphatic rings. The molecule has 0 radical (unpaired) electrons. The molecule has 280 valence electrons. The summed E-state index contributed by atoms with van der Waals surface area (Å²) in [5.41, 5.74) is 0. The molecule has 1 unspecified atom stereocenters. The smallest absolute Gasteiger partial charge is 0.462 e. The van der Waals surface area contributed by atoms with Gasteiger partial charge in [0.15, 0.2) is 6.10 Å². The molecule has 0 bridgehead atoms. The summed E-state index contributed by atoms with van der Waals surface area (Å²) in [5, 5.41) is 9.95. The van der Waals surface area contributed by atoms with Crippen molar-refractivity contribution >= 4 is 19.8 Å². The number of esters is 2. The van der Waals surface area contributed by atoms with E-state index >= 15 is 0 Å². The lowest BCUT2D eigenvalue weighted by Crippen LogP contribution is -2.29. The lowest BCUT2D eigenvalue weighted by atomic mass is 10.0. The summed E-state index contributed by atoms with van der Waals surface area (Å²) in [6.07, 6.45) is 36.8. The topological polar surface area (TPSA) is 140 Å². The average molecular weight is 709 g/mol. The number of ether oxygens (including phenoxy) is 2. The Morgan fingerprint density at radius 2 is 1.29 bits per heavy atom. The fourth-order valence-electron chi connectivity index (χ4n) is 4.55. The fourth-order valence-corrected chi connectivity index (χ4v) is 4.91. The van der Waals surface area contributed by atoms with Gasteiger partial charge in [0.25, 0.3) is 0 Å². The molecule has 3 N–H and O–H groups in total. The minimum atomic E-state index is -4.78. The van der Waals surface area contributed by atoms with Crippen LogP contribution in [0.5, 0.6) is 0 Å². The maximum atomic E-state index is 12.3.